The molecule has 1 atom stereocenters. The van der Waals surface area contributed by atoms with E-state index in [0.29, 0.717) is 10.0 Å². The van der Waals surface area contributed by atoms with Gasteiger partial charge in [-0.1, -0.05) is 36.2 Å². The molecule has 0 aliphatic rings. The minimum Gasteiger partial charge on any atom is -0.271 e. The lowest BCUT2D eigenvalue weighted by atomic mass is 10.0. The zero-order chi connectivity index (χ0) is 14.7. The maximum Gasteiger partial charge on any atom is 0.0894 e. The Balaban J connectivity index is 2.46. The van der Waals surface area contributed by atoms with Gasteiger partial charge in [-0.15, -0.1) is 0 Å². The van der Waals surface area contributed by atoms with Gasteiger partial charge in [-0.3, -0.25) is 10.5 Å². The topological polar surface area (TPSA) is 55.9 Å². The van der Waals surface area contributed by atoms with Crippen LogP contribution in [0.1, 0.15) is 30.6 Å². The number of nitrogens with two attached hydrogens (primary N) is 1. The van der Waals surface area contributed by atoms with E-state index < -0.39 is 0 Å². The van der Waals surface area contributed by atoms with E-state index in [-0.39, 0.29) is 6.04 Å². The SMILES string of the molecule is CCCn1ncc(Cl)c1C(NN)c1ccc(I)c(Cl)c1. The lowest BCUT2D eigenvalue weighted by Crippen LogP contribution is -2.31. The molecule has 3 N–H and O–H groups in total. The minimum absolute atomic E-state index is 0.244. The molecule has 0 fully saturated rings. The highest BCUT2D eigenvalue weighted by Crippen LogP contribution is 2.30. The van der Waals surface area contributed by atoms with Crippen molar-refractivity contribution in [3.05, 3.63) is 49.3 Å². The molecule has 2 aromatic rings. The molecular formula is C13H15Cl2IN4. The highest BCUT2D eigenvalue weighted by Gasteiger charge is 2.21. The molecule has 0 aliphatic heterocycles. The fourth-order valence-corrected chi connectivity index (χ4v) is 2.85. The second-order valence-corrected chi connectivity index (χ2v) is 6.35. The molecule has 1 aromatic heterocycles. The summed E-state index contributed by atoms with van der Waals surface area (Å²) in [5, 5.41) is 5.58. The summed E-state index contributed by atoms with van der Waals surface area (Å²) in [4.78, 5) is 0. The number of aromatic nitrogens is 2. The van der Waals surface area contributed by atoms with Gasteiger partial charge in [-0.05, 0) is 46.7 Å². The van der Waals surface area contributed by atoms with Gasteiger partial charge in [0.2, 0.25) is 0 Å². The minimum atomic E-state index is -0.244. The average molecular weight is 425 g/mol. The summed E-state index contributed by atoms with van der Waals surface area (Å²) < 4.78 is 2.87. The van der Waals surface area contributed by atoms with Gasteiger partial charge in [0.05, 0.1) is 28.0 Å². The highest BCUT2D eigenvalue weighted by molar-refractivity contribution is 14.1. The Bertz CT molecular complexity index is 600. The second kappa shape index (κ2) is 7.09. The van der Waals surface area contributed by atoms with E-state index in [1.54, 1.807) is 6.20 Å². The fourth-order valence-electron chi connectivity index (χ4n) is 2.07. The van der Waals surface area contributed by atoms with E-state index >= 15 is 0 Å². The first-order valence-corrected chi connectivity index (χ1v) is 8.04. The number of benzene rings is 1. The summed E-state index contributed by atoms with van der Waals surface area (Å²) in [6, 6.07) is 5.59. The number of nitrogens with one attached hydrogen (secondary N) is 1. The van der Waals surface area contributed by atoms with Gasteiger partial charge in [-0.2, -0.15) is 5.10 Å². The number of rotatable bonds is 5. The van der Waals surface area contributed by atoms with Crippen LogP contribution in [-0.2, 0) is 6.54 Å². The van der Waals surface area contributed by atoms with Gasteiger partial charge in [0.25, 0.3) is 0 Å². The Labute approximate surface area is 141 Å². The van der Waals surface area contributed by atoms with Crippen molar-refractivity contribution < 1.29 is 0 Å². The summed E-state index contributed by atoms with van der Waals surface area (Å²) in [6.07, 6.45) is 2.61. The van der Waals surface area contributed by atoms with E-state index in [1.807, 2.05) is 22.9 Å². The lowest BCUT2D eigenvalue weighted by molar-refractivity contribution is 0.521. The van der Waals surface area contributed by atoms with Crippen molar-refractivity contribution in [3.8, 4) is 0 Å². The Morgan fingerprint density at radius 1 is 1.40 bits per heavy atom. The molecule has 0 saturated heterocycles. The maximum atomic E-state index is 6.26. The van der Waals surface area contributed by atoms with Crippen LogP contribution in [0.3, 0.4) is 0 Å². The molecule has 0 amide bonds. The van der Waals surface area contributed by atoms with E-state index in [4.69, 9.17) is 29.0 Å². The smallest absolute Gasteiger partial charge is 0.0894 e. The maximum absolute atomic E-state index is 6.26. The third-order valence-corrected chi connectivity index (χ3v) is 4.85. The van der Waals surface area contributed by atoms with Crippen LogP contribution >= 0.6 is 45.8 Å². The van der Waals surface area contributed by atoms with Gasteiger partial charge in [0.15, 0.2) is 0 Å². The quantitative estimate of drug-likeness (QED) is 0.436. The monoisotopic (exact) mass is 424 g/mol. The van der Waals surface area contributed by atoms with Crippen LogP contribution in [0.4, 0.5) is 0 Å². The third-order valence-electron chi connectivity index (χ3n) is 2.99. The molecular weight excluding hydrogens is 410 g/mol. The van der Waals surface area contributed by atoms with Crippen LogP contribution < -0.4 is 11.3 Å². The molecule has 0 radical (unpaired) electrons. The molecule has 0 spiro atoms. The number of nitrogens with zero attached hydrogens (tertiary/aromatic N) is 2. The molecule has 20 heavy (non-hydrogen) atoms. The number of hydrogen-bond donors (Lipinski definition) is 2. The first kappa shape index (κ1) is 16.0. The molecule has 1 unspecified atom stereocenters. The predicted octanol–water partition coefficient (Wildman–Crippen LogP) is 3.76. The second-order valence-electron chi connectivity index (χ2n) is 4.37. The van der Waals surface area contributed by atoms with Crippen molar-refractivity contribution >= 4 is 45.8 Å². The van der Waals surface area contributed by atoms with Gasteiger partial charge in [0.1, 0.15) is 0 Å². The Morgan fingerprint density at radius 3 is 2.75 bits per heavy atom. The molecule has 0 saturated carbocycles. The summed E-state index contributed by atoms with van der Waals surface area (Å²) in [5.74, 6) is 5.72. The van der Waals surface area contributed by atoms with Crippen LogP contribution in [0.25, 0.3) is 0 Å². The summed E-state index contributed by atoms with van der Waals surface area (Å²) >= 11 is 14.6. The Morgan fingerprint density at radius 2 is 2.15 bits per heavy atom. The van der Waals surface area contributed by atoms with Crippen LogP contribution in [0.2, 0.25) is 10.0 Å². The molecule has 0 bridgehead atoms. The highest BCUT2D eigenvalue weighted by atomic mass is 127. The van der Waals surface area contributed by atoms with Gasteiger partial charge in [0, 0.05) is 10.1 Å². The zero-order valence-electron chi connectivity index (χ0n) is 10.9. The van der Waals surface area contributed by atoms with Crippen molar-refractivity contribution in [3.63, 3.8) is 0 Å². The van der Waals surface area contributed by atoms with Crippen molar-refractivity contribution in [2.75, 3.05) is 0 Å². The zero-order valence-corrected chi connectivity index (χ0v) is 14.6. The van der Waals surface area contributed by atoms with Crippen LogP contribution in [0.5, 0.6) is 0 Å². The average Bonchev–Trinajstić information content (AvgIpc) is 2.77. The molecule has 2 rings (SSSR count). The largest absolute Gasteiger partial charge is 0.271 e. The number of hydrogen-bond acceptors (Lipinski definition) is 3. The fraction of sp³-hybridized carbons (Fsp3) is 0.308. The van der Waals surface area contributed by atoms with Crippen LogP contribution in [0.15, 0.2) is 24.4 Å². The summed E-state index contributed by atoms with van der Waals surface area (Å²) in [7, 11) is 0. The molecule has 108 valence electrons. The number of hydrazine groups is 1. The van der Waals surface area contributed by atoms with Crippen molar-refractivity contribution in [2.24, 2.45) is 5.84 Å². The van der Waals surface area contributed by atoms with E-state index in [1.165, 1.54) is 0 Å². The first-order chi connectivity index (χ1) is 9.58. The normalized spacial score (nSPS) is 12.7. The number of aryl methyl sites for hydroxylation is 1. The Kier molecular flexibility index (Phi) is 5.68. The van der Waals surface area contributed by atoms with Gasteiger partial charge in [-0.25, -0.2) is 5.43 Å². The molecule has 4 nitrogen and oxygen atoms in total. The number of halogens is 3. The first-order valence-electron chi connectivity index (χ1n) is 6.20. The van der Waals surface area contributed by atoms with Gasteiger partial charge >= 0.3 is 0 Å². The van der Waals surface area contributed by atoms with E-state index in [2.05, 4.69) is 40.0 Å². The summed E-state index contributed by atoms with van der Waals surface area (Å²) in [5.41, 5.74) is 4.61. The van der Waals surface area contributed by atoms with Crippen molar-refractivity contribution in [1.82, 2.24) is 15.2 Å². The molecule has 0 aliphatic carbocycles. The van der Waals surface area contributed by atoms with Crippen molar-refractivity contribution in [1.29, 1.82) is 0 Å². The molecule has 7 heteroatoms. The third kappa shape index (κ3) is 3.28. The van der Waals surface area contributed by atoms with E-state index in [9.17, 15) is 0 Å². The summed E-state index contributed by atoms with van der Waals surface area (Å²) in [6.45, 7) is 2.88. The molecule has 1 aromatic carbocycles. The van der Waals surface area contributed by atoms with Gasteiger partial charge < -0.3 is 0 Å². The molecule has 1 heterocycles. The lowest BCUT2D eigenvalue weighted by Gasteiger charge is -2.19. The predicted molar refractivity (Wildman–Crippen MR) is 90.9 cm³/mol. The van der Waals surface area contributed by atoms with Crippen LogP contribution in [0, 0.1) is 3.57 Å². The Hall–Kier alpha value is -0.340. The van der Waals surface area contributed by atoms with E-state index in [0.717, 1.165) is 27.8 Å². The van der Waals surface area contributed by atoms with Crippen LogP contribution in [-0.4, -0.2) is 9.78 Å². The van der Waals surface area contributed by atoms with Crippen molar-refractivity contribution in [2.45, 2.75) is 25.9 Å². The standard InChI is InChI=1S/C13H15Cl2IN4/c1-2-5-20-13(10(15)7-18-20)12(19-17)8-3-4-11(16)9(14)6-8/h3-4,6-7,12,19H,2,5,17H2,1H3.